The fourth-order valence-corrected chi connectivity index (χ4v) is 1.56. The van der Waals surface area contributed by atoms with Crippen LogP contribution in [-0.2, 0) is 9.53 Å². The Bertz CT molecular complexity index is 483. The van der Waals surface area contributed by atoms with E-state index in [1.807, 2.05) is 13.8 Å². The van der Waals surface area contributed by atoms with Gasteiger partial charge in [0.15, 0.2) is 6.61 Å². The molecule has 1 N–H and O–H groups in total. The first kappa shape index (κ1) is 17.7. The summed E-state index contributed by atoms with van der Waals surface area (Å²) in [5.41, 5.74) is 1.68. The highest BCUT2D eigenvalue weighted by molar-refractivity contribution is 5.99. The van der Waals surface area contributed by atoms with Gasteiger partial charge in [-0.1, -0.05) is 13.8 Å². The van der Waals surface area contributed by atoms with Crippen molar-refractivity contribution in [2.24, 2.45) is 0 Å². The topological polar surface area (TPSA) is 64.6 Å². The lowest BCUT2D eigenvalue weighted by atomic mass is 10.1. The van der Waals surface area contributed by atoms with Gasteiger partial charge in [0.2, 0.25) is 0 Å². The van der Waals surface area contributed by atoms with Crippen LogP contribution in [-0.4, -0.2) is 25.6 Å². The van der Waals surface area contributed by atoms with E-state index in [1.165, 1.54) is 7.11 Å². The van der Waals surface area contributed by atoms with Crippen molar-refractivity contribution >= 4 is 17.6 Å². The number of anilines is 1. The summed E-state index contributed by atoms with van der Waals surface area (Å²) < 4.78 is 9.86. The Balaban J connectivity index is 0.000000829. The van der Waals surface area contributed by atoms with Gasteiger partial charge in [-0.05, 0) is 24.6 Å². The van der Waals surface area contributed by atoms with Crippen molar-refractivity contribution in [3.8, 4) is 5.75 Å². The van der Waals surface area contributed by atoms with E-state index in [1.54, 1.807) is 19.1 Å². The molecule has 1 aliphatic rings. The molecule has 0 saturated heterocycles. The van der Waals surface area contributed by atoms with Crippen molar-refractivity contribution in [2.45, 2.75) is 20.8 Å². The van der Waals surface area contributed by atoms with E-state index in [0.29, 0.717) is 17.0 Å². The number of benzene rings is 1. The average Bonchev–Trinajstić information content (AvgIpc) is 2.50. The minimum atomic E-state index is -0.430. The van der Waals surface area contributed by atoms with Gasteiger partial charge in [-0.15, -0.1) is 13.2 Å². The summed E-state index contributed by atoms with van der Waals surface area (Å²) in [7, 11) is 1.32. The molecule has 1 heterocycles. The minimum Gasteiger partial charge on any atom is -0.482 e. The highest BCUT2D eigenvalue weighted by atomic mass is 16.5. The van der Waals surface area contributed by atoms with Crippen LogP contribution in [0.25, 0.3) is 0 Å². The first-order valence-corrected chi connectivity index (χ1v) is 6.27. The number of carbonyl (C=O) groups is 2. The largest absolute Gasteiger partial charge is 0.482 e. The standard InChI is InChI=1S/C11H11NO4.C2H6.C2H4/c1-6-3-9-8(12-10(13)5-16-9)4-7(6)11(14)15-2;2*1-2/h3-4H,5H2,1-2H3,(H,12,13);1-2H3;1-2H2. The van der Waals surface area contributed by atoms with Crippen LogP contribution in [0.15, 0.2) is 25.3 Å². The van der Waals surface area contributed by atoms with Crippen LogP contribution >= 0.6 is 0 Å². The second-order valence-electron chi connectivity index (χ2n) is 3.49. The Morgan fingerprint density at radius 1 is 1.35 bits per heavy atom. The van der Waals surface area contributed by atoms with Crippen LogP contribution in [0.3, 0.4) is 0 Å². The zero-order chi connectivity index (χ0) is 15.7. The molecule has 0 spiro atoms. The zero-order valence-electron chi connectivity index (χ0n) is 12.4. The molecule has 0 radical (unpaired) electrons. The monoisotopic (exact) mass is 279 g/mol. The van der Waals surface area contributed by atoms with Crippen molar-refractivity contribution < 1.29 is 19.1 Å². The molecule has 5 nitrogen and oxygen atoms in total. The summed E-state index contributed by atoms with van der Waals surface area (Å²) in [5.74, 6) is -0.0861. The molecule has 0 saturated carbocycles. The molecule has 1 aromatic rings. The average molecular weight is 279 g/mol. The summed E-state index contributed by atoms with van der Waals surface area (Å²) >= 11 is 0. The van der Waals surface area contributed by atoms with Crippen LogP contribution in [0, 0.1) is 6.92 Å². The molecule has 0 fully saturated rings. The van der Waals surface area contributed by atoms with Gasteiger partial charge in [-0.25, -0.2) is 4.79 Å². The zero-order valence-corrected chi connectivity index (χ0v) is 12.4. The lowest BCUT2D eigenvalue weighted by Crippen LogP contribution is -2.25. The van der Waals surface area contributed by atoms with Crippen LogP contribution in [0.1, 0.15) is 29.8 Å². The van der Waals surface area contributed by atoms with Crippen LogP contribution < -0.4 is 10.1 Å². The van der Waals surface area contributed by atoms with Gasteiger partial charge in [-0.3, -0.25) is 4.79 Å². The predicted molar refractivity (Wildman–Crippen MR) is 79.2 cm³/mol. The highest BCUT2D eigenvalue weighted by Crippen LogP contribution is 2.31. The molecule has 1 aromatic carbocycles. The normalized spacial score (nSPS) is 11.3. The molecule has 2 rings (SSSR count). The second kappa shape index (κ2) is 8.74. The summed E-state index contributed by atoms with van der Waals surface area (Å²) in [5, 5.41) is 2.63. The molecule has 110 valence electrons. The first-order chi connectivity index (χ1) is 9.61. The van der Waals surface area contributed by atoms with Crippen molar-refractivity contribution in [3.63, 3.8) is 0 Å². The molecular formula is C15H21NO4. The fourth-order valence-electron chi connectivity index (χ4n) is 1.56. The molecule has 20 heavy (non-hydrogen) atoms. The van der Waals surface area contributed by atoms with E-state index < -0.39 is 5.97 Å². The fraction of sp³-hybridized carbons (Fsp3) is 0.333. The van der Waals surface area contributed by atoms with Crippen LogP contribution in [0.4, 0.5) is 5.69 Å². The number of esters is 1. The van der Waals surface area contributed by atoms with E-state index in [9.17, 15) is 9.59 Å². The minimum absolute atomic E-state index is 0.00398. The Labute approximate surface area is 119 Å². The maximum Gasteiger partial charge on any atom is 0.338 e. The van der Waals surface area contributed by atoms with Crippen molar-refractivity contribution in [3.05, 3.63) is 36.4 Å². The van der Waals surface area contributed by atoms with E-state index >= 15 is 0 Å². The highest BCUT2D eigenvalue weighted by Gasteiger charge is 2.20. The quantitative estimate of drug-likeness (QED) is 0.634. The van der Waals surface area contributed by atoms with Gasteiger partial charge in [0, 0.05) is 0 Å². The smallest absolute Gasteiger partial charge is 0.338 e. The molecule has 0 unspecified atom stereocenters. The van der Waals surface area contributed by atoms with Gasteiger partial charge < -0.3 is 14.8 Å². The number of hydrogen-bond donors (Lipinski definition) is 1. The van der Waals surface area contributed by atoms with Gasteiger partial charge >= 0.3 is 5.97 Å². The Morgan fingerprint density at radius 2 is 1.95 bits per heavy atom. The van der Waals surface area contributed by atoms with E-state index in [0.717, 1.165) is 5.56 Å². The number of carbonyl (C=O) groups excluding carboxylic acids is 2. The number of hydrogen-bond acceptors (Lipinski definition) is 4. The lowest BCUT2D eigenvalue weighted by molar-refractivity contribution is -0.118. The van der Waals surface area contributed by atoms with E-state index in [2.05, 4.69) is 23.2 Å². The SMILES string of the molecule is C=C.CC.COC(=O)c1cc2c(cc1C)OCC(=O)N2. The van der Waals surface area contributed by atoms with Gasteiger partial charge in [-0.2, -0.15) is 0 Å². The lowest BCUT2D eigenvalue weighted by Gasteiger charge is -2.19. The molecule has 1 amide bonds. The van der Waals surface area contributed by atoms with Gasteiger partial charge in [0.05, 0.1) is 18.4 Å². The maximum absolute atomic E-state index is 11.4. The molecule has 0 aromatic heterocycles. The molecule has 5 heteroatoms. The van der Waals surface area contributed by atoms with Crippen LogP contribution in [0.5, 0.6) is 5.75 Å². The van der Waals surface area contributed by atoms with Gasteiger partial charge in [0.1, 0.15) is 5.75 Å². The predicted octanol–water partition coefficient (Wildman–Crippen LogP) is 2.94. The first-order valence-electron chi connectivity index (χ1n) is 6.27. The number of amides is 1. The van der Waals surface area contributed by atoms with E-state index in [-0.39, 0.29) is 12.5 Å². The molecular weight excluding hydrogens is 258 g/mol. The summed E-state index contributed by atoms with van der Waals surface area (Å²) in [4.78, 5) is 22.5. The molecule has 0 aliphatic carbocycles. The number of aryl methyl sites for hydroxylation is 1. The summed E-state index contributed by atoms with van der Waals surface area (Å²) in [6.07, 6.45) is 0. The third-order valence-corrected chi connectivity index (χ3v) is 2.36. The summed E-state index contributed by atoms with van der Waals surface area (Å²) in [6, 6.07) is 3.27. The Morgan fingerprint density at radius 3 is 2.50 bits per heavy atom. The second-order valence-corrected chi connectivity index (χ2v) is 3.49. The van der Waals surface area contributed by atoms with Gasteiger partial charge in [0.25, 0.3) is 5.91 Å². The number of ether oxygens (including phenoxy) is 2. The number of fused-ring (bicyclic) bond motifs is 1. The maximum atomic E-state index is 11.4. The molecule has 0 atom stereocenters. The van der Waals surface area contributed by atoms with Crippen molar-refractivity contribution in [2.75, 3.05) is 19.0 Å². The Hall–Kier alpha value is -2.30. The van der Waals surface area contributed by atoms with Crippen molar-refractivity contribution in [1.82, 2.24) is 0 Å². The van der Waals surface area contributed by atoms with Crippen LogP contribution in [0.2, 0.25) is 0 Å². The summed E-state index contributed by atoms with van der Waals surface area (Å²) in [6.45, 7) is 11.8. The third-order valence-electron chi connectivity index (χ3n) is 2.36. The number of rotatable bonds is 1. The molecule has 0 bridgehead atoms. The number of methoxy groups -OCH3 is 1. The van der Waals surface area contributed by atoms with E-state index in [4.69, 9.17) is 4.74 Å². The van der Waals surface area contributed by atoms with Crippen molar-refractivity contribution in [1.29, 1.82) is 0 Å². The number of nitrogens with one attached hydrogen (secondary N) is 1. The third kappa shape index (κ3) is 4.12. The molecule has 1 aliphatic heterocycles. The Kier molecular flexibility index (Phi) is 7.74.